The normalized spacial score (nSPS) is 11.4. The number of fused-ring (bicyclic) bond motifs is 1. The molecule has 0 fully saturated rings. The summed E-state index contributed by atoms with van der Waals surface area (Å²) in [5.41, 5.74) is 12.3. The lowest BCUT2D eigenvalue weighted by Gasteiger charge is -2.11. The Morgan fingerprint density at radius 2 is 1.63 bits per heavy atom. The molecule has 3 aromatic heterocycles. The topological polar surface area (TPSA) is 226 Å². The van der Waals surface area contributed by atoms with Gasteiger partial charge >= 0.3 is 24.3 Å². The molecular formula is C23H27F6N7O7. The molecule has 0 saturated carbocycles. The second kappa shape index (κ2) is 15.0. The zero-order chi connectivity index (χ0) is 33.2. The fraction of sp³-hybridized carbons (Fsp3) is 0.478. The summed E-state index contributed by atoms with van der Waals surface area (Å²) in [4.78, 5) is 26.9. The number of rotatable bonds is 7. The van der Waals surface area contributed by atoms with Crippen LogP contribution < -0.4 is 16.2 Å². The number of alkyl halides is 6. The van der Waals surface area contributed by atoms with Gasteiger partial charge in [0.05, 0.1) is 12.8 Å². The number of carbonyl (C=O) groups is 2. The fourth-order valence-electron chi connectivity index (χ4n) is 2.79. The highest BCUT2D eigenvalue weighted by atomic mass is 19.4. The quantitative estimate of drug-likeness (QED) is 0.144. The van der Waals surface area contributed by atoms with Gasteiger partial charge in [0, 0.05) is 6.54 Å². The van der Waals surface area contributed by atoms with E-state index in [-0.39, 0.29) is 5.82 Å². The molecule has 0 bridgehead atoms. The average Bonchev–Trinajstić information content (AvgIpc) is 3.48. The van der Waals surface area contributed by atoms with E-state index in [0.717, 1.165) is 12.8 Å². The average molecular weight is 627 g/mol. The maximum atomic E-state index is 10.6. The van der Waals surface area contributed by atoms with E-state index < -0.39 is 29.9 Å². The molecule has 0 atom stereocenters. The van der Waals surface area contributed by atoms with Gasteiger partial charge in [-0.05, 0) is 56.4 Å². The Labute approximate surface area is 238 Å². The van der Waals surface area contributed by atoms with Crippen molar-refractivity contribution in [2.75, 3.05) is 18.9 Å². The van der Waals surface area contributed by atoms with Gasteiger partial charge in [0.1, 0.15) is 22.3 Å². The summed E-state index contributed by atoms with van der Waals surface area (Å²) in [5, 5.41) is 31.7. The van der Waals surface area contributed by atoms with Crippen LogP contribution in [0.15, 0.2) is 10.8 Å². The Hall–Kier alpha value is -4.64. The summed E-state index contributed by atoms with van der Waals surface area (Å²) in [7, 11) is 0. The van der Waals surface area contributed by atoms with Gasteiger partial charge in [-0.1, -0.05) is 5.92 Å². The molecule has 238 valence electrons. The van der Waals surface area contributed by atoms with Crippen molar-refractivity contribution in [1.82, 2.24) is 24.8 Å². The molecule has 0 unspecified atom stereocenters. The van der Waals surface area contributed by atoms with Gasteiger partial charge in [0.15, 0.2) is 23.1 Å². The molecule has 0 spiro atoms. The predicted molar refractivity (Wildman–Crippen MR) is 135 cm³/mol. The molecule has 3 aromatic rings. The first-order valence-corrected chi connectivity index (χ1v) is 11.9. The zero-order valence-electron chi connectivity index (χ0n) is 22.7. The van der Waals surface area contributed by atoms with Crippen molar-refractivity contribution >= 4 is 28.8 Å². The maximum absolute atomic E-state index is 10.6. The summed E-state index contributed by atoms with van der Waals surface area (Å²) >= 11 is 0. The summed E-state index contributed by atoms with van der Waals surface area (Å²) in [5.74, 6) is 1.35. The van der Waals surface area contributed by atoms with Crippen LogP contribution in [0.3, 0.4) is 0 Å². The molecule has 0 aliphatic carbocycles. The third-order valence-electron chi connectivity index (χ3n) is 4.61. The van der Waals surface area contributed by atoms with Crippen molar-refractivity contribution in [3.05, 3.63) is 11.9 Å². The van der Waals surface area contributed by atoms with E-state index in [1.165, 1.54) is 0 Å². The number of imidazole rings is 1. The maximum Gasteiger partial charge on any atom is 0.490 e. The van der Waals surface area contributed by atoms with Gasteiger partial charge in [0.25, 0.3) is 0 Å². The Balaban J connectivity index is 0.000000548. The van der Waals surface area contributed by atoms with E-state index in [1.807, 2.05) is 11.5 Å². The molecule has 3 heterocycles. The van der Waals surface area contributed by atoms with Crippen molar-refractivity contribution in [3.63, 3.8) is 0 Å². The largest absolute Gasteiger partial charge is 0.490 e. The number of ether oxygens (including phenoxy) is 1. The molecule has 0 amide bonds. The van der Waals surface area contributed by atoms with Crippen molar-refractivity contribution in [3.8, 4) is 29.1 Å². The molecule has 0 aliphatic rings. The number of halogens is 6. The molecular weight excluding hydrogens is 600 g/mol. The highest BCUT2D eigenvalue weighted by Gasteiger charge is 2.38. The van der Waals surface area contributed by atoms with Gasteiger partial charge in [-0.2, -0.15) is 26.3 Å². The number of hydrogen-bond acceptors (Lipinski definition) is 11. The number of carboxylic acid groups (broad SMARTS) is 2. The molecule has 0 aliphatic heterocycles. The number of nitrogens with two attached hydrogens (primary N) is 2. The van der Waals surface area contributed by atoms with Crippen LogP contribution >= 0.6 is 0 Å². The molecule has 0 aromatic carbocycles. The van der Waals surface area contributed by atoms with Gasteiger partial charge < -0.3 is 36.1 Å². The lowest BCUT2D eigenvalue weighted by Crippen LogP contribution is -2.21. The van der Waals surface area contributed by atoms with Crippen LogP contribution in [0.1, 0.15) is 39.3 Å². The van der Waals surface area contributed by atoms with Crippen LogP contribution in [0.25, 0.3) is 22.6 Å². The molecule has 7 N–H and O–H groups in total. The number of nitrogens with zero attached hydrogens (tertiary/aromatic N) is 5. The van der Waals surface area contributed by atoms with Crippen LogP contribution in [0.4, 0.5) is 32.2 Å². The van der Waals surface area contributed by atoms with Crippen molar-refractivity contribution < 1.29 is 60.6 Å². The monoisotopic (exact) mass is 627 g/mol. The number of aliphatic hydroxyl groups is 1. The Morgan fingerprint density at radius 3 is 2.05 bits per heavy atom. The molecule has 0 radical (unpaired) electrons. The van der Waals surface area contributed by atoms with E-state index in [9.17, 15) is 31.4 Å². The number of hydrogen-bond donors (Lipinski definition) is 5. The highest BCUT2D eigenvalue weighted by Crippen LogP contribution is 2.33. The standard InChI is InChI=1S/C19H25N7O3.2C2HF3O2/c1-4-26-16-13(28-10-6-5-9-20)11-22-12(7-8-19(2,3)27)14(16)23-18(26)15-17(21)25-29-24-15;2*3-2(4,5)1(6)7/h11,27H,4-6,9-10,20H2,1-3H3,(H2,21,25);2*(H,6,7). The van der Waals surface area contributed by atoms with Gasteiger partial charge in [-0.3, -0.25) is 0 Å². The van der Waals surface area contributed by atoms with Gasteiger partial charge in [0.2, 0.25) is 0 Å². The van der Waals surface area contributed by atoms with E-state index in [2.05, 4.69) is 32.1 Å². The number of nitrogen functional groups attached to an aromatic ring is 1. The summed E-state index contributed by atoms with van der Waals surface area (Å²) in [6.45, 7) is 6.85. The summed E-state index contributed by atoms with van der Waals surface area (Å²) in [6, 6.07) is 0. The molecule has 43 heavy (non-hydrogen) atoms. The van der Waals surface area contributed by atoms with Crippen molar-refractivity contribution in [2.24, 2.45) is 5.73 Å². The number of pyridine rings is 1. The fourth-order valence-corrected chi connectivity index (χ4v) is 2.79. The minimum atomic E-state index is -5.08. The minimum Gasteiger partial charge on any atom is -0.490 e. The Bertz CT molecular complexity index is 1430. The Kier molecular flexibility index (Phi) is 12.7. The second-order valence-corrected chi connectivity index (χ2v) is 8.61. The van der Waals surface area contributed by atoms with Crippen LogP contribution in [-0.4, -0.2) is 83.2 Å². The molecule has 0 saturated heterocycles. The van der Waals surface area contributed by atoms with Crippen LogP contribution in [0, 0.1) is 11.8 Å². The molecule has 3 rings (SSSR count). The number of unbranched alkanes of at least 4 members (excludes halogenated alkanes) is 1. The molecule has 14 nitrogen and oxygen atoms in total. The van der Waals surface area contributed by atoms with Crippen LogP contribution in [0.5, 0.6) is 5.75 Å². The van der Waals surface area contributed by atoms with E-state index in [4.69, 9.17) is 40.6 Å². The van der Waals surface area contributed by atoms with Gasteiger partial charge in [-0.25, -0.2) is 24.2 Å². The lowest BCUT2D eigenvalue weighted by molar-refractivity contribution is -0.193. The van der Waals surface area contributed by atoms with Gasteiger partial charge in [-0.15, -0.1) is 0 Å². The van der Waals surface area contributed by atoms with Crippen LogP contribution in [-0.2, 0) is 16.1 Å². The number of aliphatic carboxylic acids is 2. The minimum absolute atomic E-state index is 0.137. The second-order valence-electron chi connectivity index (χ2n) is 8.61. The van der Waals surface area contributed by atoms with Crippen molar-refractivity contribution in [2.45, 2.75) is 58.1 Å². The third kappa shape index (κ3) is 11.3. The van der Waals surface area contributed by atoms with E-state index >= 15 is 0 Å². The smallest absolute Gasteiger partial charge is 0.490 e. The summed E-state index contributed by atoms with van der Waals surface area (Å²) in [6.07, 6.45) is -6.86. The molecule has 20 heteroatoms. The number of aromatic nitrogens is 5. The third-order valence-corrected chi connectivity index (χ3v) is 4.61. The zero-order valence-corrected chi connectivity index (χ0v) is 22.7. The lowest BCUT2D eigenvalue weighted by atomic mass is 10.1. The highest BCUT2D eigenvalue weighted by molar-refractivity contribution is 5.89. The first kappa shape index (κ1) is 36.4. The Morgan fingerprint density at radius 1 is 1.07 bits per heavy atom. The number of anilines is 1. The van der Waals surface area contributed by atoms with E-state index in [0.29, 0.717) is 53.7 Å². The van der Waals surface area contributed by atoms with E-state index in [1.54, 1.807) is 20.0 Å². The number of aryl methyl sites for hydroxylation is 1. The number of carboxylic acids is 2. The predicted octanol–water partition coefficient (Wildman–Crippen LogP) is 2.59. The SMILES string of the molecule is CCn1c(-c2nonc2N)nc2c(C#CC(C)(C)O)ncc(OCCCCN)c21.O=C(O)C(F)(F)F.O=C(O)C(F)(F)F. The summed E-state index contributed by atoms with van der Waals surface area (Å²) < 4.78 is 76.1. The van der Waals surface area contributed by atoms with Crippen molar-refractivity contribution in [1.29, 1.82) is 0 Å². The van der Waals surface area contributed by atoms with Crippen LogP contribution in [0.2, 0.25) is 0 Å². The first-order valence-electron chi connectivity index (χ1n) is 11.9. The first-order chi connectivity index (χ1) is 19.7.